The molecule has 8 nitrogen and oxygen atoms in total. The Balaban J connectivity index is 0.00000301. The maximum absolute atomic E-state index is 11.9. The van der Waals surface area contributed by atoms with Crippen LogP contribution in [0.4, 0.5) is 0 Å². The van der Waals surface area contributed by atoms with Gasteiger partial charge in [0, 0.05) is 12.5 Å². The lowest BCUT2D eigenvalue weighted by molar-refractivity contribution is -0.300. The normalized spacial score (nSPS) is 29.5. The van der Waals surface area contributed by atoms with Crippen LogP contribution in [0.1, 0.15) is 53.4 Å². The molecule has 0 spiro atoms. The zero-order valence-electron chi connectivity index (χ0n) is 16.4. The smallest absolute Gasteiger partial charge is 0.222 e. The number of rotatable bonds is 10. The molecule has 0 aromatic heterocycles. The van der Waals surface area contributed by atoms with Gasteiger partial charge in [0.05, 0.1) is 13.2 Å². The molecule has 1 rings (SSSR count). The summed E-state index contributed by atoms with van der Waals surface area (Å²) in [6, 6.07) is 0. The molecule has 0 saturated carbocycles. The summed E-state index contributed by atoms with van der Waals surface area (Å²) in [5, 5.41) is 41.0. The fraction of sp³-hybridized carbons (Fsp3) is 0.944. The van der Waals surface area contributed by atoms with Crippen LogP contribution in [0.3, 0.4) is 0 Å². The van der Waals surface area contributed by atoms with E-state index in [1.54, 1.807) is 0 Å². The molecule has 8 heteroatoms. The molecule has 1 amide bonds. The summed E-state index contributed by atoms with van der Waals surface area (Å²) in [7, 11) is 0. The molecular weight excluding hydrogens is 342 g/mol. The first-order valence-electron chi connectivity index (χ1n) is 9.62. The number of amides is 1. The van der Waals surface area contributed by atoms with Gasteiger partial charge in [0.15, 0.2) is 6.29 Å². The maximum atomic E-state index is 11.9. The van der Waals surface area contributed by atoms with Gasteiger partial charge in [-0.05, 0) is 6.42 Å². The molecule has 3 unspecified atom stereocenters. The first-order valence-corrected chi connectivity index (χ1v) is 9.62. The number of hydrogen-bond acceptors (Lipinski definition) is 7. The molecule has 0 aromatic rings. The molecule has 1 saturated heterocycles. The van der Waals surface area contributed by atoms with Crippen molar-refractivity contribution >= 4 is 5.91 Å². The summed E-state index contributed by atoms with van der Waals surface area (Å²) in [6.07, 6.45) is -2.38. The van der Waals surface area contributed by atoms with Crippen molar-refractivity contribution in [3.63, 3.8) is 0 Å². The minimum absolute atomic E-state index is 0.0523. The van der Waals surface area contributed by atoms with E-state index in [4.69, 9.17) is 14.6 Å². The molecule has 1 fully saturated rings. The van der Waals surface area contributed by atoms with Gasteiger partial charge in [-0.25, -0.2) is 0 Å². The van der Waals surface area contributed by atoms with Crippen LogP contribution in [0.2, 0.25) is 0 Å². The van der Waals surface area contributed by atoms with Gasteiger partial charge >= 0.3 is 0 Å². The number of aliphatic hydroxyl groups is 4. The monoisotopic (exact) mass is 379 g/mol. The molecule has 0 aromatic carbocycles. The molecule has 1 aliphatic heterocycles. The van der Waals surface area contributed by atoms with Gasteiger partial charge in [-0.1, -0.05) is 47.0 Å². The Bertz CT molecular complexity index is 367. The van der Waals surface area contributed by atoms with Crippen molar-refractivity contribution in [1.29, 1.82) is 0 Å². The second-order valence-corrected chi connectivity index (χ2v) is 6.26. The van der Waals surface area contributed by atoms with Crippen LogP contribution in [0.25, 0.3) is 0 Å². The number of aliphatic hydroxyl groups excluding tert-OH is 4. The number of nitrogens with one attached hydrogen (secondary N) is 1. The molecule has 156 valence electrons. The van der Waals surface area contributed by atoms with E-state index in [0.29, 0.717) is 0 Å². The molecule has 0 bridgehead atoms. The molecule has 5 N–H and O–H groups in total. The average Bonchev–Trinajstić information content (AvgIpc) is 2.66. The third-order valence-electron chi connectivity index (χ3n) is 4.22. The summed E-state index contributed by atoms with van der Waals surface area (Å²) >= 11 is 0. The van der Waals surface area contributed by atoms with Gasteiger partial charge in [0.25, 0.3) is 0 Å². The average molecular weight is 379 g/mol. The second kappa shape index (κ2) is 14.3. The van der Waals surface area contributed by atoms with Crippen molar-refractivity contribution in [1.82, 2.24) is 5.32 Å². The quantitative estimate of drug-likeness (QED) is 0.342. The Morgan fingerprint density at radius 1 is 1.15 bits per heavy atom. The zero-order chi connectivity index (χ0) is 20.1. The molecule has 6 atom stereocenters. The fourth-order valence-corrected chi connectivity index (χ4v) is 2.56. The van der Waals surface area contributed by atoms with E-state index in [1.165, 1.54) is 0 Å². The Kier molecular flexibility index (Phi) is 13.9. The first-order chi connectivity index (χ1) is 12.4. The van der Waals surface area contributed by atoms with Crippen molar-refractivity contribution in [2.45, 2.75) is 84.1 Å². The lowest BCUT2D eigenvalue weighted by Gasteiger charge is -2.39. The van der Waals surface area contributed by atoms with Crippen LogP contribution in [-0.2, 0) is 14.3 Å². The van der Waals surface area contributed by atoms with E-state index in [2.05, 4.69) is 12.2 Å². The second-order valence-electron chi connectivity index (χ2n) is 6.26. The summed E-state index contributed by atoms with van der Waals surface area (Å²) in [6.45, 7) is 7.81. The molecule has 1 aliphatic rings. The van der Waals surface area contributed by atoms with Crippen LogP contribution in [0.5, 0.6) is 0 Å². The van der Waals surface area contributed by atoms with Crippen molar-refractivity contribution < 1.29 is 34.7 Å². The third kappa shape index (κ3) is 8.28. The number of unbranched alkanes of at least 4 members (excludes halogenated alkanes) is 2. The minimum atomic E-state index is -1.46. The van der Waals surface area contributed by atoms with E-state index in [9.17, 15) is 20.1 Å². The Morgan fingerprint density at radius 2 is 1.81 bits per heavy atom. The lowest BCUT2D eigenvalue weighted by atomic mass is 9.99. The molecule has 26 heavy (non-hydrogen) atoms. The SMILES string of the molecule is CC.CCCCC[C@H](C)C(=O)NCCO[C@H]1OC(CO)[C@@H](O)C(O)C1O. The van der Waals surface area contributed by atoms with Crippen LogP contribution in [0, 0.1) is 5.92 Å². The van der Waals surface area contributed by atoms with Gasteiger partial charge in [0.2, 0.25) is 5.91 Å². The van der Waals surface area contributed by atoms with Crippen molar-refractivity contribution in [2.24, 2.45) is 5.92 Å². The summed E-state index contributed by atoms with van der Waals surface area (Å²) in [5.74, 6) is -0.118. The third-order valence-corrected chi connectivity index (χ3v) is 4.22. The highest BCUT2D eigenvalue weighted by molar-refractivity contribution is 5.78. The fourth-order valence-electron chi connectivity index (χ4n) is 2.56. The summed E-state index contributed by atoms with van der Waals surface area (Å²) in [4.78, 5) is 11.9. The van der Waals surface area contributed by atoms with Crippen LogP contribution < -0.4 is 5.32 Å². The highest BCUT2D eigenvalue weighted by Crippen LogP contribution is 2.21. The lowest BCUT2D eigenvalue weighted by Crippen LogP contribution is -2.59. The van der Waals surface area contributed by atoms with E-state index >= 15 is 0 Å². The van der Waals surface area contributed by atoms with E-state index < -0.39 is 37.3 Å². The standard InChI is InChI=1S/C16H31NO7.C2H6/c1-3-4-5-6-10(2)15(22)17-7-8-23-16-14(21)13(20)12(19)11(9-18)24-16;1-2/h10-14,16,18-21H,3-9H2,1-2H3,(H,17,22);1-2H3/t10-,11?,12+,13?,14?,16-;/m0./s1. The van der Waals surface area contributed by atoms with Gasteiger partial charge in [-0.3, -0.25) is 4.79 Å². The maximum Gasteiger partial charge on any atom is 0.222 e. The number of carbonyl (C=O) groups excluding carboxylic acids is 1. The predicted molar refractivity (Wildman–Crippen MR) is 97.4 cm³/mol. The number of carbonyl (C=O) groups is 1. The first kappa shape index (κ1) is 25.2. The van der Waals surface area contributed by atoms with E-state index in [0.717, 1.165) is 25.7 Å². The highest BCUT2D eigenvalue weighted by atomic mass is 16.7. The zero-order valence-corrected chi connectivity index (χ0v) is 16.4. The summed E-state index contributed by atoms with van der Waals surface area (Å²) in [5.41, 5.74) is 0. The van der Waals surface area contributed by atoms with Gasteiger partial charge in [-0.2, -0.15) is 0 Å². The Labute approximate surface area is 156 Å². The summed E-state index contributed by atoms with van der Waals surface area (Å²) < 4.78 is 10.5. The van der Waals surface area contributed by atoms with E-state index in [1.807, 2.05) is 20.8 Å². The molecule has 0 radical (unpaired) electrons. The number of ether oxygens (including phenoxy) is 2. The largest absolute Gasteiger partial charge is 0.394 e. The van der Waals surface area contributed by atoms with Crippen LogP contribution in [0.15, 0.2) is 0 Å². The van der Waals surface area contributed by atoms with Crippen LogP contribution >= 0.6 is 0 Å². The number of hydrogen-bond donors (Lipinski definition) is 5. The molecule has 1 heterocycles. The van der Waals surface area contributed by atoms with Crippen molar-refractivity contribution in [3.05, 3.63) is 0 Å². The van der Waals surface area contributed by atoms with E-state index in [-0.39, 0.29) is 25.0 Å². The van der Waals surface area contributed by atoms with Crippen molar-refractivity contribution in [2.75, 3.05) is 19.8 Å². The molecule has 0 aliphatic carbocycles. The molecular formula is C18H37NO7. The van der Waals surface area contributed by atoms with Gasteiger partial charge in [0.1, 0.15) is 24.4 Å². The van der Waals surface area contributed by atoms with Crippen LogP contribution in [-0.4, -0.2) is 76.8 Å². The Morgan fingerprint density at radius 3 is 2.38 bits per heavy atom. The minimum Gasteiger partial charge on any atom is -0.394 e. The Hall–Kier alpha value is -0.770. The topological polar surface area (TPSA) is 128 Å². The van der Waals surface area contributed by atoms with Gasteiger partial charge < -0.3 is 35.2 Å². The van der Waals surface area contributed by atoms with Gasteiger partial charge in [-0.15, -0.1) is 0 Å². The van der Waals surface area contributed by atoms with Crippen molar-refractivity contribution in [3.8, 4) is 0 Å². The highest BCUT2D eigenvalue weighted by Gasteiger charge is 2.43. The predicted octanol–water partition coefficient (Wildman–Crippen LogP) is 0.162.